The summed E-state index contributed by atoms with van der Waals surface area (Å²) in [5.74, 6) is 1.06. The summed E-state index contributed by atoms with van der Waals surface area (Å²) in [6.07, 6.45) is 0.913. The van der Waals surface area contributed by atoms with Gasteiger partial charge in [-0.2, -0.15) is 5.26 Å². The van der Waals surface area contributed by atoms with E-state index in [2.05, 4.69) is 16.0 Å². The van der Waals surface area contributed by atoms with Crippen LogP contribution in [0.2, 0.25) is 0 Å². The van der Waals surface area contributed by atoms with Gasteiger partial charge in [0.15, 0.2) is 0 Å². The zero-order chi connectivity index (χ0) is 27.1. The predicted octanol–water partition coefficient (Wildman–Crippen LogP) is 4.73. The molecular weight excluding hydrogens is 484 g/mol. The zero-order valence-electron chi connectivity index (χ0n) is 21.5. The number of hydrogen-bond donors (Lipinski definition) is 1. The first-order chi connectivity index (χ1) is 18.4. The molecule has 0 saturated carbocycles. The van der Waals surface area contributed by atoms with Crippen LogP contribution in [0.4, 0.5) is 16.3 Å². The van der Waals surface area contributed by atoms with Crippen LogP contribution in [0.25, 0.3) is 11.0 Å². The molecule has 0 aliphatic carbocycles. The van der Waals surface area contributed by atoms with Gasteiger partial charge in [0.05, 0.1) is 42.2 Å². The molecule has 0 aliphatic rings. The Kier molecular flexibility index (Phi) is 8.18. The van der Waals surface area contributed by atoms with E-state index in [1.54, 1.807) is 49.5 Å². The fourth-order valence-corrected chi connectivity index (χ4v) is 3.93. The van der Waals surface area contributed by atoms with Crippen molar-refractivity contribution in [2.24, 2.45) is 0 Å². The summed E-state index contributed by atoms with van der Waals surface area (Å²) in [4.78, 5) is 40.7. The van der Waals surface area contributed by atoms with Gasteiger partial charge in [0.25, 0.3) is 0 Å². The van der Waals surface area contributed by atoms with Crippen molar-refractivity contribution < 1.29 is 19.1 Å². The van der Waals surface area contributed by atoms with Gasteiger partial charge in [0.1, 0.15) is 17.4 Å². The first kappa shape index (κ1) is 26.2. The summed E-state index contributed by atoms with van der Waals surface area (Å²) in [5, 5.41) is 9.01. The molecule has 0 spiro atoms. The van der Waals surface area contributed by atoms with Crippen LogP contribution in [0.3, 0.4) is 0 Å². The Morgan fingerprint density at radius 2 is 1.89 bits per heavy atom. The summed E-state index contributed by atoms with van der Waals surface area (Å²) in [5.41, 5.74) is 3.76. The van der Waals surface area contributed by atoms with Gasteiger partial charge in [0.2, 0.25) is 0 Å². The van der Waals surface area contributed by atoms with Crippen molar-refractivity contribution in [2.75, 3.05) is 30.0 Å². The molecule has 4 aromatic rings. The zero-order valence-corrected chi connectivity index (χ0v) is 21.5. The maximum Gasteiger partial charge on any atom is 0.420 e. The topological polar surface area (TPSA) is 124 Å². The van der Waals surface area contributed by atoms with E-state index in [9.17, 15) is 9.59 Å². The monoisotopic (exact) mass is 512 g/mol. The van der Waals surface area contributed by atoms with Crippen LogP contribution in [-0.2, 0) is 16.1 Å². The second kappa shape index (κ2) is 11.9. The lowest BCUT2D eigenvalue weighted by Crippen LogP contribution is -2.36. The predicted molar refractivity (Wildman–Crippen MR) is 143 cm³/mol. The van der Waals surface area contributed by atoms with Crippen LogP contribution < -0.4 is 14.5 Å². The lowest BCUT2D eigenvalue weighted by Gasteiger charge is -2.21. The maximum absolute atomic E-state index is 13.2. The Morgan fingerprint density at radius 3 is 2.58 bits per heavy atom. The fourth-order valence-electron chi connectivity index (χ4n) is 3.93. The van der Waals surface area contributed by atoms with Crippen LogP contribution in [0.5, 0.6) is 5.75 Å². The van der Waals surface area contributed by atoms with E-state index in [4.69, 9.17) is 19.7 Å². The number of anilines is 2. The number of aromatic amines is 1. The van der Waals surface area contributed by atoms with Crippen molar-refractivity contribution in [3.05, 3.63) is 77.7 Å². The number of fused-ring (bicyclic) bond motifs is 1. The number of carbonyl (C=O) groups excluding carboxylic acids is 2. The number of H-pyrrole nitrogens is 1. The third-order valence-electron chi connectivity index (χ3n) is 5.92. The van der Waals surface area contributed by atoms with E-state index in [0.29, 0.717) is 34.8 Å². The SMILES string of the molecule is CCOC(=O)CCN(C(=O)Oc1ccc2[nH]c(CN(C)c3ccc(C#N)cc3)nc2c1C)c1ccccn1. The molecule has 1 N–H and O–H groups in total. The number of rotatable bonds is 9. The molecule has 0 atom stereocenters. The minimum atomic E-state index is -0.660. The maximum atomic E-state index is 13.2. The highest BCUT2D eigenvalue weighted by molar-refractivity contribution is 5.90. The Bertz CT molecular complexity index is 1460. The average Bonchev–Trinajstić information content (AvgIpc) is 3.34. The van der Waals surface area contributed by atoms with Crippen molar-refractivity contribution in [1.82, 2.24) is 15.0 Å². The molecule has 0 saturated heterocycles. The number of carbonyl (C=O) groups is 2. The van der Waals surface area contributed by atoms with Crippen molar-refractivity contribution in [3.63, 3.8) is 0 Å². The summed E-state index contributed by atoms with van der Waals surface area (Å²) in [7, 11) is 1.94. The van der Waals surface area contributed by atoms with Gasteiger partial charge < -0.3 is 19.4 Å². The van der Waals surface area contributed by atoms with E-state index in [0.717, 1.165) is 17.0 Å². The van der Waals surface area contributed by atoms with Crippen molar-refractivity contribution in [3.8, 4) is 11.8 Å². The minimum absolute atomic E-state index is 0.00696. The molecule has 10 heteroatoms. The molecule has 194 valence electrons. The largest absolute Gasteiger partial charge is 0.466 e. The van der Waals surface area contributed by atoms with Gasteiger partial charge in [-0.25, -0.2) is 14.8 Å². The highest BCUT2D eigenvalue weighted by atomic mass is 16.6. The summed E-state index contributed by atoms with van der Waals surface area (Å²) >= 11 is 0. The Balaban J connectivity index is 1.51. The van der Waals surface area contributed by atoms with E-state index in [-0.39, 0.29) is 19.6 Å². The molecule has 38 heavy (non-hydrogen) atoms. The number of hydrogen-bond acceptors (Lipinski definition) is 8. The molecule has 0 aliphatic heterocycles. The molecule has 10 nitrogen and oxygen atoms in total. The van der Waals surface area contributed by atoms with Gasteiger partial charge in [0, 0.05) is 31.0 Å². The standard InChI is InChI=1S/C28H28N6O4/c1-4-37-26(35)14-16-34(25-7-5-6-15-30-25)28(36)38-23-13-12-22-27(19(23)2)32-24(31-22)18-33(3)21-10-8-20(17-29)9-11-21/h5-13,15H,4,14,16,18H2,1-3H3,(H,31,32). The number of nitrogens with one attached hydrogen (secondary N) is 1. The normalized spacial score (nSPS) is 10.6. The lowest BCUT2D eigenvalue weighted by atomic mass is 10.2. The molecule has 2 aromatic carbocycles. The first-order valence-corrected chi connectivity index (χ1v) is 12.1. The summed E-state index contributed by atoms with van der Waals surface area (Å²) in [6, 6.07) is 18.1. The Labute approximate surface area is 220 Å². The third kappa shape index (κ3) is 6.07. The number of amides is 1. The third-order valence-corrected chi connectivity index (χ3v) is 5.92. The van der Waals surface area contributed by atoms with Gasteiger partial charge in [-0.3, -0.25) is 9.69 Å². The molecule has 1 amide bonds. The van der Waals surface area contributed by atoms with E-state index >= 15 is 0 Å². The van der Waals surface area contributed by atoms with Gasteiger partial charge in [-0.1, -0.05) is 6.07 Å². The van der Waals surface area contributed by atoms with Crippen molar-refractivity contribution in [1.29, 1.82) is 5.26 Å². The fraction of sp³-hybridized carbons (Fsp3) is 0.250. The van der Waals surface area contributed by atoms with E-state index in [1.807, 2.05) is 37.1 Å². The van der Waals surface area contributed by atoms with Gasteiger partial charge >= 0.3 is 12.1 Å². The highest BCUT2D eigenvalue weighted by Crippen LogP contribution is 2.27. The van der Waals surface area contributed by atoms with Crippen molar-refractivity contribution in [2.45, 2.75) is 26.8 Å². The molecule has 0 radical (unpaired) electrons. The molecule has 0 bridgehead atoms. The second-order valence-electron chi connectivity index (χ2n) is 8.55. The number of nitrogens with zero attached hydrogens (tertiary/aromatic N) is 5. The van der Waals surface area contributed by atoms with Gasteiger partial charge in [-0.05, 0) is 62.4 Å². The van der Waals surface area contributed by atoms with Crippen LogP contribution in [0, 0.1) is 18.3 Å². The Morgan fingerprint density at radius 1 is 1.11 bits per heavy atom. The Hall–Kier alpha value is -4.91. The minimum Gasteiger partial charge on any atom is -0.466 e. The van der Waals surface area contributed by atoms with Crippen LogP contribution in [0.15, 0.2) is 60.8 Å². The summed E-state index contributed by atoms with van der Waals surface area (Å²) < 4.78 is 10.7. The first-order valence-electron chi connectivity index (χ1n) is 12.1. The van der Waals surface area contributed by atoms with Crippen LogP contribution in [0.1, 0.15) is 30.3 Å². The molecular formula is C28H28N6O4. The number of pyridine rings is 1. The molecule has 0 unspecified atom stereocenters. The molecule has 2 heterocycles. The average molecular weight is 513 g/mol. The quantitative estimate of drug-likeness (QED) is 0.319. The second-order valence-corrected chi connectivity index (χ2v) is 8.55. The number of esters is 1. The summed E-state index contributed by atoms with van der Waals surface area (Å²) in [6.45, 7) is 4.40. The van der Waals surface area contributed by atoms with E-state index in [1.165, 1.54) is 4.90 Å². The number of nitriles is 1. The van der Waals surface area contributed by atoms with Crippen molar-refractivity contribution >= 4 is 34.6 Å². The smallest absolute Gasteiger partial charge is 0.420 e. The van der Waals surface area contributed by atoms with Gasteiger partial charge in [-0.15, -0.1) is 0 Å². The number of imidazole rings is 1. The highest BCUT2D eigenvalue weighted by Gasteiger charge is 2.22. The van der Waals surface area contributed by atoms with Crippen LogP contribution in [-0.4, -0.2) is 47.2 Å². The molecule has 0 fully saturated rings. The molecule has 2 aromatic heterocycles. The number of benzene rings is 2. The lowest BCUT2D eigenvalue weighted by molar-refractivity contribution is -0.142. The van der Waals surface area contributed by atoms with E-state index < -0.39 is 12.1 Å². The number of ether oxygens (including phenoxy) is 2. The number of aromatic nitrogens is 3. The van der Waals surface area contributed by atoms with Crippen LogP contribution >= 0.6 is 0 Å². The molecule has 4 rings (SSSR count). The number of aryl methyl sites for hydroxylation is 1.